The van der Waals surface area contributed by atoms with Crippen molar-refractivity contribution in [3.63, 3.8) is 0 Å². The molecule has 5 aliphatic rings. The molecule has 0 saturated heterocycles. The molecule has 0 spiro atoms. The number of phenols is 2. The van der Waals surface area contributed by atoms with E-state index in [2.05, 4.69) is 5.32 Å². The summed E-state index contributed by atoms with van der Waals surface area (Å²) in [5.41, 5.74) is -0.308. The van der Waals surface area contributed by atoms with E-state index < -0.39 is 82.3 Å². The summed E-state index contributed by atoms with van der Waals surface area (Å²) in [7, 11) is 3.71. The van der Waals surface area contributed by atoms with Gasteiger partial charge in [-0.1, -0.05) is 39.0 Å². The number of phenolic OH excluding ortho intramolecular Hbond substituents is 2. The van der Waals surface area contributed by atoms with Crippen LogP contribution in [0.5, 0.6) is 17.2 Å². The molecule has 0 saturated carbocycles. The average Bonchev–Trinajstić information content (AvgIpc) is 3.43. The summed E-state index contributed by atoms with van der Waals surface area (Å²) >= 11 is 0. The minimum atomic E-state index is -2.13. The van der Waals surface area contributed by atoms with E-state index >= 15 is 0 Å². The van der Waals surface area contributed by atoms with Crippen molar-refractivity contribution in [2.45, 2.75) is 85.4 Å². The molecular formula is C47H54N4O13. The number of ketones is 1. The number of hydrogen-bond acceptors (Lipinski definition) is 16. The highest BCUT2D eigenvalue weighted by Gasteiger charge is 2.50. The van der Waals surface area contributed by atoms with Crippen LogP contribution >= 0.6 is 0 Å². The lowest BCUT2D eigenvalue weighted by Crippen LogP contribution is -2.42. The maximum absolute atomic E-state index is 14.9. The largest absolute Gasteiger partial charge is 0.507 e. The van der Waals surface area contributed by atoms with E-state index in [4.69, 9.17) is 23.6 Å². The lowest BCUT2D eigenvalue weighted by atomic mass is 9.80. The fourth-order valence-electron chi connectivity index (χ4n) is 8.89. The van der Waals surface area contributed by atoms with Crippen LogP contribution < -0.4 is 25.3 Å². The zero-order chi connectivity index (χ0) is 46.7. The first kappa shape index (κ1) is 45.6. The van der Waals surface area contributed by atoms with Crippen LogP contribution in [-0.4, -0.2) is 101 Å². The number of allylic oxidation sites excluding steroid dienone is 3. The Morgan fingerprint density at radius 1 is 1.02 bits per heavy atom. The number of Topliss-reactive ketones (excluding diaryl/α,β-unsaturated/α-hetero) is 1. The van der Waals surface area contributed by atoms with Crippen molar-refractivity contribution in [2.75, 3.05) is 42.3 Å². The van der Waals surface area contributed by atoms with Crippen molar-refractivity contribution in [3.8, 4) is 28.7 Å². The smallest absolute Gasteiger partial charge is 0.312 e. The number of nitrogens with zero attached hydrogens (tertiary/aromatic N) is 3. The van der Waals surface area contributed by atoms with Gasteiger partial charge in [0.15, 0.2) is 16.9 Å². The molecule has 0 unspecified atom stereocenters. The van der Waals surface area contributed by atoms with Crippen LogP contribution in [-0.2, 0) is 23.9 Å². The van der Waals surface area contributed by atoms with Crippen molar-refractivity contribution in [2.24, 2.45) is 23.7 Å². The summed E-state index contributed by atoms with van der Waals surface area (Å²) in [6.07, 6.45) is 5.05. The van der Waals surface area contributed by atoms with Gasteiger partial charge < -0.3 is 59.0 Å². The van der Waals surface area contributed by atoms with Crippen molar-refractivity contribution < 1.29 is 58.2 Å². The molecule has 4 bridgehead atoms. The molecular weight excluding hydrogens is 829 g/mol. The number of fused-ring (bicyclic) bond motifs is 4. The van der Waals surface area contributed by atoms with E-state index in [9.17, 15) is 44.4 Å². The molecule has 17 nitrogen and oxygen atoms in total. The zero-order valence-corrected chi connectivity index (χ0v) is 37.2. The Morgan fingerprint density at radius 3 is 2.41 bits per heavy atom. The van der Waals surface area contributed by atoms with E-state index in [-0.39, 0.29) is 67.9 Å². The SMILES string of the molecule is CC(=O)O[C@@H]1C[C@@H](C=O)/C=C/O[C@@]2(C)Oc3c(C)c(O)c4c(=O)c(c5oc6c7c(cc(O)c6nc-5c4c3C2=O)N(C)CCCN7C)NC(=O)/C(C)=C\C=C\[C@H](C)[C@H](O)[C@@H](C)[C@@H](O)[C@H]1C. The Morgan fingerprint density at radius 2 is 1.72 bits per heavy atom. The van der Waals surface area contributed by atoms with Gasteiger partial charge in [0.05, 0.1) is 35.1 Å². The number of rotatable bonds is 2. The number of ether oxygens (including phenoxy) is 3. The number of aromatic hydroxyl groups is 2. The second kappa shape index (κ2) is 17.3. The molecule has 1 aliphatic carbocycles. The Bertz CT molecular complexity index is 2700. The summed E-state index contributed by atoms with van der Waals surface area (Å²) in [5.74, 6) is -8.59. The van der Waals surface area contributed by atoms with Crippen LogP contribution in [0.2, 0.25) is 0 Å². The number of amides is 1. The van der Waals surface area contributed by atoms with Gasteiger partial charge in [-0.2, -0.15) is 0 Å². The summed E-state index contributed by atoms with van der Waals surface area (Å²) < 4.78 is 24.3. The van der Waals surface area contributed by atoms with Gasteiger partial charge in [0.25, 0.3) is 11.7 Å². The molecule has 1 amide bonds. The molecule has 0 radical (unpaired) electrons. The predicted octanol–water partition coefficient (Wildman–Crippen LogP) is 5.48. The molecule has 340 valence electrons. The molecule has 64 heavy (non-hydrogen) atoms. The second-order valence-electron chi connectivity index (χ2n) is 17.4. The fraction of sp³-hybridized carbons (Fsp3) is 0.447. The first-order valence-corrected chi connectivity index (χ1v) is 21.2. The maximum Gasteiger partial charge on any atom is 0.312 e. The summed E-state index contributed by atoms with van der Waals surface area (Å²) in [6, 6.07) is 1.55. The number of benzene rings is 3. The highest BCUT2D eigenvalue weighted by molar-refractivity contribution is 6.22. The molecule has 0 fully saturated rings. The van der Waals surface area contributed by atoms with Crippen molar-refractivity contribution >= 4 is 62.9 Å². The molecule has 8 atom stereocenters. The number of carbonyl (C=O) groups excluding carboxylic acids is 4. The lowest BCUT2D eigenvalue weighted by Gasteiger charge is -2.34. The standard InChI is InChI=1S/C47H54N4O13/c1-21-12-10-13-22(2)46(60)49-36-41(58)32-31(35-43(36)63-44-34(48-35)29(54)19-28-37(44)51(9)16-11-15-50(28)8)33-42(25(5)40(32)57)64-47(7,45(33)59)61-17-14-27(20-52)18-30(62-26(6)53)23(3)39(56)24(4)38(21)55/h10,12-14,17,19-21,23-24,27,30,38-39,54-57H,11,15-16,18H2,1-9H3,(H,49,60)/b12-10+,17-14+,22-13-/t21-,23-,24+,27-,30+,38-,39-,47-/m0/s1. The first-order chi connectivity index (χ1) is 30.2. The predicted molar refractivity (Wildman–Crippen MR) is 238 cm³/mol. The van der Waals surface area contributed by atoms with Gasteiger partial charge in [0.1, 0.15) is 46.7 Å². The third-order valence-electron chi connectivity index (χ3n) is 12.8. The quantitative estimate of drug-likeness (QED) is 0.0725. The number of hydrogen-bond donors (Lipinski definition) is 5. The van der Waals surface area contributed by atoms with E-state index in [0.717, 1.165) is 12.7 Å². The number of aliphatic hydroxyl groups excluding tert-OH is 2. The number of aliphatic hydroxyl groups is 2. The summed E-state index contributed by atoms with van der Waals surface area (Å²) in [4.78, 5) is 77.0. The highest BCUT2D eigenvalue weighted by atomic mass is 16.7. The lowest BCUT2D eigenvalue weighted by molar-refractivity contribution is -0.154. The number of anilines is 3. The third-order valence-corrected chi connectivity index (χ3v) is 12.8. The molecule has 17 heteroatoms. The van der Waals surface area contributed by atoms with Crippen molar-refractivity contribution in [3.05, 3.63) is 63.6 Å². The van der Waals surface area contributed by atoms with Crippen LogP contribution in [0, 0.1) is 30.6 Å². The summed E-state index contributed by atoms with van der Waals surface area (Å²) in [6.45, 7) is 11.7. The van der Waals surface area contributed by atoms with E-state index in [1.54, 1.807) is 39.0 Å². The van der Waals surface area contributed by atoms with Crippen LogP contribution in [0.25, 0.3) is 33.3 Å². The molecule has 0 aromatic heterocycles. The minimum absolute atomic E-state index is 0.00348. The number of aromatic nitrogens is 1. The fourth-order valence-corrected chi connectivity index (χ4v) is 8.89. The van der Waals surface area contributed by atoms with Crippen LogP contribution in [0.1, 0.15) is 70.3 Å². The average molecular weight is 883 g/mol. The molecule has 4 aliphatic heterocycles. The topological polar surface area (TPSA) is 239 Å². The number of esters is 1. The Kier molecular flexibility index (Phi) is 12.3. The minimum Gasteiger partial charge on any atom is -0.507 e. The van der Waals surface area contributed by atoms with Gasteiger partial charge in [-0.25, -0.2) is 4.98 Å². The van der Waals surface area contributed by atoms with Crippen molar-refractivity contribution in [1.82, 2.24) is 4.98 Å². The van der Waals surface area contributed by atoms with Gasteiger partial charge in [-0.15, -0.1) is 0 Å². The molecule has 5 N–H and O–H groups in total. The first-order valence-electron chi connectivity index (χ1n) is 21.2. The van der Waals surface area contributed by atoms with Crippen LogP contribution in [0.4, 0.5) is 17.1 Å². The Labute approximate surface area is 368 Å². The second-order valence-corrected chi connectivity index (χ2v) is 17.4. The maximum atomic E-state index is 14.9. The number of carbonyl (C=O) groups is 4. The zero-order valence-electron chi connectivity index (χ0n) is 37.2. The third kappa shape index (κ3) is 7.80. The molecule has 7 rings (SSSR count). The summed E-state index contributed by atoms with van der Waals surface area (Å²) in [5, 5.41) is 48.2. The normalized spacial score (nSPS) is 28.8. The van der Waals surface area contributed by atoms with E-state index in [0.29, 0.717) is 30.8 Å². The van der Waals surface area contributed by atoms with E-state index in [1.807, 2.05) is 23.9 Å². The van der Waals surface area contributed by atoms with Gasteiger partial charge in [0, 0.05) is 87.3 Å². The van der Waals surface area contributed by atoms with Gasteiger partial charge in [-0.3, -0.25) is 19.2 Å². The Balaban J connectivity index is 1.49. The molecule has 2 aromatic rings. The number of aldehydes is 1. The molecule has 4 heterocycles. The van der Waals surface area contributed by atoms with Crippen LogP contribution in [0.3, 0.4) is 0 Å². The van der Waals surface area contributed by atoms with Crippen LogP contribution in [0.15, 0.2) is 51.4 Å². The molecule has 2 aromatic carbocycles. The van der Waals surface area contributed by atoms with Gasteiger partial charge in [-0.05, 0) is 32.8 Å². The highest BCUT2D eigenvalue weighted by Crippen LogP contribution is 2.52. The monoisotopic (exact) mass is 882 g/mol. The number of nitrogens with one attached hydrogen (secondary N) is 1. The van der Waals surface area contributed by atoms with Crippen molar-refractivity contribution in [1.29, 1.82) is 0 Å². The van der Waals surface area contributed by atoms with E-state index in [1.165, 1.54) is 39.8 Å². The van der Waals surface area contributed by atoms with Gasteiger partial charge in [0.2, 0.25) is 5.43 Å². The van der Waals surface area contributed by atoms with Gasteiger partial charge >= 0.3 is 11.8 Å². The Hall–Kier alpha value is -6.46.